The number of benzene rings is 1. The van der Waals surface area contributed by atoms with Crippen LogP contribution in [-0.4, -0.2) is 29.9 Å². The molecule has 4 rings (SSSR count). The lowest BCUT2D eigenvalue weighted by Crippen LogP contribution is -2.26. The van der Waals surface area contributed by atoms with Gasteiger partial charge in [-0.1, -0.05) is 12.1 Å². The first-order valence-electron chi connectivity index (χ1n) is 9.53. The van der Waals surface area contributed by atoms with Crippen LogP contribution in [-0.2, 0) is 16.0 Å². The van der Waals surface area contributed by atoms with E-state index in [2.05, 4.69) is 20.9 Å². The first kappa shape index (κ1) is 18.1. The van der Waals surface area contributed by atoms with Gasteiger partial charge in [0.1, 0.15) is 0 Å². The van der Waals surface area contributed by atoms with Gasteiger partial charge in [-0.05, 0) is 62.4 Å². The van der Waals surface area contributed by atoms with Crippen molar-refractivity contribution in [2.45, 2.75) is 38.0 Å². The van der Waals surface area contributed by atoms with E-state index in [1.165, 1.54) is 4.88 Å². The smallest absolute Gasteiger partial charge is 0.230 e. The molecule has 0 spiro atoms. The van der Waals surface area contributed by atoms with Crippen LogP contribution in [0.15, 0.2) is 30.5 Å². The highest BCUT2D eigenvalue weighted by Crippen LogP contribution is 2.32. The van der Waals surface area contributed by atoms with Gasteiger partial charge in [-0.2, -0.15) is 0 Å². The average molecular weight is 385 g/mol. The van der Waals surface area contributed by atoms with E-state index in [4.69, 9.17) is 0 Å². The third kappa shape index (κ3) is 4.93. The highest BCUT2D eigenvalue weighted by Gasteiger charge is 2.29. The van der Waals surface area contributed by atoms with Gasteiger partial charge in [0.05, 0.1) is 6.42 Å². The second-order valence-corrected chi connectivity index (χ2v) is 8.34. The number of carbonyl (C=O) groups is 2. The lowest BCUT2D eigenvalue weighted by atomic mass is 9.97. The van der Waals surface area contributed by atoms with E-state index in [1.807, 2.05) is 30.5 Å². The summed E-state index contributed by atoms with van der Waals surface area (Å²) >= 11 is 1.58. The summed E-state index contributed by atoms with van der Waals surface area (Å²) in [5.41, 5.74) is 1.69. The third-order valence-electron chi connectivity index (χ3n) is 5.05. The molecule has 7 heteroatoms. The van der Waals surface area contributed by atoms with Crippen molar-refractivity contribution in [3.05, 3.63) is 40.9 Å². The molecule has 2 aliphatic rings. The maximum Gasteiger partial charge on any atom is 0.230 e. The molecule has 0 bridgehead atoms. The van der Waals surface area contributed by atoms with E-state index in [9.17, 15) is 9.59 Å². The number of aromatic nitrogens is 1. The van der Waals surface area contributed by atoms with Crippen molar-refractivity contribution in [2.24, 2.45) is 5.92 Å². The minimum Gasteiger partial charge on any atom is -0.326 e. The maximum absolute atomic E-state index is 12.3. The van der Waals surface area contributed by atoms with Crippen molar-refractivity contribution in [1.29, 1.82) is 0 Å². The van der Waals surface area contributed by atoms with Crippen LogP contribution in [0.25, 0.3) is 0 Å². The van der Waals surface area contributed by atoms with Gasteiger partial charge in [0, 0.05) is 22.7 Å². The van der Waals surface area contributed by atoms with Crippen LogP contribution >= 0.6 is 11.3 Å². The van der Waals surface area contributed by atoms with Gasteiger partial charge in [0.25, 0.3) is 0 Å². The molecule has 6 nitrogen and oxygen atoms in total. The number of carbonyl (C=O) groups excluding carboxylic acids is 2. The summed E-state index contributed by atoms with van der Waals surface area (Å²) in [5, 5.41) is 9.84. The van der Waals surface area contributed by atoms with E-state index in [-0.39, 0.29) is 17.7 Å². The molecule has 27 heavy (non-hydrogen) atoms. The third-order valence-corrected chi connectivity index (χ3v) is 6.12. The highest BCUT2D eigenvalue weighted by atomic mass is 32.1. The van der Waals surface area contributed by atoms with Gasteiger partial charge in [0.2, 0.25) is 11.8 Å². The van der Waals surface area contributed by atoms with Crippen LogP contribution in [0, 0.1) is 5.92 Å². The van der Waals surface area contributed by atoms with Gasteiger partial charge >= 0.3 is 0 Å². The molecule has 1 aromatic carbocycles. The zero-order chi connectivity index (χ0) is 18.6. The summed E-state index contributed by atoms with van der Waals surface area (Å²) in [6.45, 7) is 2.09. The molecule has 1 saturated heterocycles. The molecule has 1 saturated carbocycles. The van der Waals surface area contributed by atoms with Crippen LogP contribution in [0.1, 0.15) is 42.0 Å². The first-order chi connectivity index (χ1) is 13.2. The van der Waals surface area contributed by atoms with Crippen molar-refractivity contribution < 1.29 is 9.59 Å². The van der Waals surface area contributed by atoms with Crippen LogP contribution in [0.3, 0.4) is 0 Å². The van der Waals surface area contributed by atoms with Crippen molar-refractivity contribution in [2.75, 3.05) is 23.7 Å². The summed E-state index contributed by atoms with van der Waals surface area (Å²) in [6, 6.07) is 7.46. The second kappa shape index (κ2) is 8.19. The maximum atomic E-state index is 12.3. The summed E-state index contributed by atoms with van der Waals surface area (Å²) in [6.07, 6.45) is 6.41. The van der Waals surface area contributed by atoms with Crippen molar-refractivity contribution in [1.82, 2.24) is 10.3 Å². The number of amides is 2. The fourth-order valence-electron chi connectivity index (χ4n) is 3.28. The van der Waals surface area contributed by atoms with Gasteiger partial charge in [-0.3, -0.25) is 9.59 Å². The summed E-state index contributed by atoms with van der Waals surface area (Å²) < 4.78 is 0. The standard InChI is InChI=1S/C20H24N4O2S/c25-18(24-20-22-12-17(27-20)14-7-9-21-10-8-14)11-13-1-5-16(6-2-13)23-19(26)15-3-4-15/h1-2,5-6,12,14-15,21H,3-4,7-11H2,(H,23,26)(H,22,24,25). The fourth-order valence-corrected chi connectivity index (χ4v) is 4.29. The number of thiazole rings is 1. The number of piperidine rings is 1. The molecule has 0 atom stereocenters. The number of nitrogens with zero attached hydrogens (tertiary/aromatic N) is 1. The Labute approximate surface area is 162 Å². The first-order valence-corrected chi connectivity index (χ1v) is 10.3. The molecule has 3 N–H and O–H groups in total. The van der Waals surface area contributed by atoms with E-state index in [1.54, 1.807) is 11.3 Å². The van der Waals surface area contributed by atoms with E-state index < -0.39 is 0 Å². The quantitative estimate of drug-likeness (QED) is 0.714. The van der Waals surface area contributed by atoms with Gasteiger partial charge in [0.15, 0.2) is 5.13 Å². The molecular weight excluding hydrogens is 360 g/mol. The average Bonchev–Trinajstić information content (AvgIpc) is 3.44. The number of anilines is 2. The minimum absolute atomic E-state index is 0.0732. The van der Waals surface area contributed by atoms with Gasteiger partial charge < -0.3 is 16.0 Å². The minimum atomic E-state index is -0.0732. The monoisotopic (exact) mass is 384 g/mol. The summed E-state index contributed by atoms with van der Waals surface area (Å²) in [5.74, 6) is 0.751. The predicted octanol–water partition coefficient (Wildman–Crippen LogP) is 3.14. The van der Waals surface area contributed by atoms with Crippen LogP contribution in [0.5, 0.6) is 0 Å². The molecule has 142 valence electrons. The topological polar surface area (TPSA) is 83.1 Å². The van der Waals surface area contributed by atoms with Crippen molar-refractivity contribution in [3.8, 4) is 0 Å². The Morgan fingerprint density at radius 2 is 1.81 bits per heavy atom. The molecule has 2 aromatic rings. The largest absolute Gasteiger partial charge is 0.326 e. The molecule has 2 amide bonds. The predicted molar refractivity (Wildman–Crippen MR) is 107 cm³/mol. The zero-order valence-electron chi connectivity index (χ0n) is 15.2. The summed E-state index contributed by atoms with van der Waals surface area (Å²) in [4.78, 5) is 29.7. The molecule has 2 heterocycles. The molecule has 1 aliphatic heterocycles. The normalized spacial score (nSPS) is 17.5. The molecule has 0 unspecified atom stereocenters. The highest BCUT2D eigenvalue weighted by molar-refractivity contribution is 7.15. The van der Waals surface area contributed by atoms with Crippen molar-refractivity contribution >= 4 is 34.0 Å². The second-order valence-electron chi connectivity index (χ2n) is 7.28. The van der Waals surface area contributed by atoms with E-state index >= 15 is 0 Å². The number of rotatable bonds is 6. The number of hydrogen-bond donors (Lipinski definition) is 3. The molecule has 0 radical (unpaired) electrons. The van der Waals surface area contributed by atoms with Gasteiger partial charge in [-0.25, -0.2) is 4.98 Å². The molecule has 1 aliphatic carbocycles. The Bertz CT molecular complexity index is 808. The van der Waals surface area contributed by atoms with Crippen LogP contribution in [0.4, 0.5) is 10.8 Å². The van der Waals surface area contributed by atoms with Crippen molar-refractivity contribution in [3.63, 3.8) is 0 Å². The van der Waals surface area contributed by atoms with Crippen LogP contribution < -0.4 is 16.0 Å². The zero-order valence-corrected chi connectivity index (χ0v) is 16.0. The Morgan fingerprint density at radius 3 is 2.52 bits per heavy atom. The Balaban J connectivity index is 1.28. The molecule has 2 fully saturated rings. The Morgan fingerprint density at radius 1 is 1.07 bits per heavy atom. The summed E-state index contributed by atoms with van der Waals surface area (Å²) in [7, 11) is 0. The van der Waals surface area contributed by atoms with Gasteiger partial charge in [-0.15, -0.1) is 11.3 Å². The molecule has 1 aromatic heterocycles. The Hall–Kier alpha value is -2.25. The fraction of sp³-hybridized carbons (Fsp3) is 0.450. The number of nitrogens with one attached hydrogen (secondary N) is 3. The number of hydrogen-bond acceptors (Lipinski definition) is 5. The molecular formula is C20H24N4O2S. The lowest BCUT2D eigenvalue weighted by molar-refractivity contribution is -0.117. The Kier molecular flexibility index (Phi) is 5.50. The van der Waals surface area contributed by atoms with E-state index in [0.717, 1.165) is 50.0 Å². The SMILES string of the molecule is O=C(Cc1ccc(NC(=O)C2CC2)cc1)Nc1ncc(C2CCNCC2)s1. The van der Waals surface area contributed by atoms with Crippen LogP contribution in [0.2, 0.25) is 0 Å². The van der Waals surface area contributed by atoms with E-state index in [0.29, 0.717) is 17.5 Å². The lowest BCUT2D eigenvalue weighted by Gasteiger charge is -2.20.